The molecule has 0 aliphatic carbocycles. The molecule has 2 N–H and O–H groups in total. The summed E-state index contributed by atoms with van der Waals surface area (Å²) in [5.74, 6) is -0.230. The minimum Gasteiger partial charge on any atom is -0.369 e. The third-order valence-electron chi connectivity index (χ3n) is 6.11. The Labute approximate surface area is 203 Å². The van der Waals surface area contributed by atoms with Crippen LogP contribution in [0.5, 0.6) is 0 Å². The highest BCUT2D eigenvalue weighted by Gasteiger charge is 2.30. The molecular weight excluding hydrogens is 445 g/mol. The van der Waals surface area contributed by atoms with Crippen LogP contribution in [0.25, 0.3) is 11.3 Å². The number of hydrogen-bond acceptors (Lipinski definition) is 5. The summed E-state index contributed by atoms with van der Waals surface area (Å²) >= 11 is 0. The van der Waals surface area contributed by atoms with Gasteiger partial charge in [0.15, 0.2) is 0 Å². The van der Waals surface area contributed by atoms with Crippen LogP contribution in [0.1, 0.15) is 34.8 Å². The van der Waals surface area contributed by atoms with Gasteiger partial charge in [-0.25, -0.2) is 9.37 Å². The minimum atomic E-state index is -0.304. The molecule has 35 heavy (non-hydrogen) atoms. The number of nitrogens with one attached hydrogen (secondary N) is 2. The van der Waals surface area contributed by atoms with E-state index in [0.29, 0.717) is 54.3 Å². The highest BCUT2D eigenvalue weighted by molar-refractivity contribution is 5.99. The highest BCUT2D eigenvalue weighted by Crippen LogP contribution is 2.25. The fourth-order valence-corrected chi connectivity index (χ4v) is 4.12. The van der Waals surface area contributed by atoms with Crippen LogP contribution in [0.2, 0.25) is 0 Å². The van der Waals surface area contributed by atoms with Gasteiger partial charge in [-0.15, -0.1) is 0 Å². The number of halogens is 1. The minimum absolute atomic E-state index is 0.00242. The van der Waals surface area contributed by atoms with E-state index in [9.17, 15) is 19.2 Å². The SMILES string of the molecule is CC(=O)N1CC[C@@H]1CNC(=O)c1ccc(-c2ccccc2C#N)nc1NCCc1cccc(F)c1. The van der Waals surface area contributed by atoms with Gasteiger partial charge in [0.05, 0.1) is 28.9 Å². The Morgan fingerprint density at radius 3 is 2.71 bits per heavy atom. The summed E-state index contributed by atoms with van der Waals surface area (Å²) in [4.78, 5) is 31.1. The van der Waals surface area contributed by atoms with Gasteiger partial charge in [-0.2, -0.15) is 5.26 Å². The van der Waals surface area contributed by atoms with Crippen molar-refractivity contribution >= 4 is 17.6 Å². The number of nitrogens with zero attached hydrogens (tertiary/aromatic N) is 3. The first-order chi connectivity index (χ1) is 17.0. The van der Waals surface area contributed by atoms with Gasteiger partial charge in [0.1, 0.15) is 11.6 Å². The summed E-state index contributed by atoms with van der Waals surface area (Å²) in [6.07, 6.45) is 1.38. The van der Waals surface area contributed by atoms with E-state index in [0.717, 1.165) is 12.0 Å². The number of amides is 2. The van der Waals surface area contributed by atoms with Crippen LogP contribution in [-0.2, 0) is 11.2 Å². The molecule has 8 heteroatoms. The van der Waals surface area contributed by atoms with Crippen molar-refractivity contribution < 1.29 is 14.0 Å². The quantitative estimate of drug-likeness (QED) is 0.521. The van der Waals surface area contributed by atoms with Crippen molar-refractivity contribution in [3.05, 3.63) is 83.2 Å². The van der Waals surface area contributed by atoms with E-state index in [1.807, 2.05) is 18.2 Å². The molecule has 1 fully saturated rings. The van der Waals surface area contributed by atoms with E-state index >= 15 is 0 Å². The number of anilines is 1. The van der Waals surface area contributed by atoms with Crippen molar-refractivity contribution in [3.8, 4) is 17.3 Å². The Bertz CT molecular complexity index is 1290. The van der Waals surface area contributed by atoms with Crippen LogP contribution in [0.15, 0.2) is 60.7 Å². The number of likely N-dealkylation sites (tertiary alicyclic amines) is 1. The fraction of sp³-hybridized carbons (Fsp3) is 0.259. The number of benzene rings is 2. The second kappa shape index (κ2) is 10.8. The van der Waals surface area contributed by atoms with Crippen LogP contribution in [0.4, 0.5) is 10.2 Å². The molecule has 1 aliphatic heterocycles. The standard InChI is InChI=1S/C27H26FN5O2/c1-18(34)33-14-12-22(33)17-31-27(35)24-9-10-25(23-8-3-2-6-20(23)16-29)32-26(24)30-13-11-19-5-4-7-21(28)15-19/h2-10,15,22H,11-14,17H2,1H3,(H,30,32)(H,31,35)/t22-/m1/s1. The molecule has 1 aromatic heterocycles. The van der Waals surface area contributed by atoms with Gasteiger partial charge in [0.2, 0.25) is 5.91 Å². The third-order valence-corrected chi connectivity index (χ3v) is 6.11. The molecule has 3 aromatic rings. The average Bonchev–Trinajstić information content (AvgIpc) is 2.83. The van der Waals surface area contributed by atoms with Crippen LogP contribution in [0, 0.1) is 17.1 Å². The second-order valence-electron chi connectivity index (χ2n) is 8.42. The molecule has 0 spiro atoms. The zero-order valence-corrected chi connectivity index (χ0v) is 19.4. The molecule has 0 bridgehead atoms. The first-order valence-electron chi connectivity index (χ1n) is 11.5. The number of carbonyl (C=O) groups is 2. The molecule has 1 aliphatic rings. The van der Waals surface area contributed by atoms with Gasteiger partial charge < -0.3 is 15.5 Å². The largest absolute Gasteiger partial charge is 0.369 e. The number of hydrogen-bond donors (Lipinski definition) is 2. The molecule has 1 atom stereocenters. The van der Waals surface area contributed by atoms with Crippen molar-refractivity contribution in [1.82, 2.24) is 15.2 Å². The fourth-order valence-electron chi connectivity index (χ4n) is 4.12. The maximum absolute atomic E-state index is 13.5. The van der Waals surface area contributed by atoms with E-state index in [-0.39, 0.29) is 23.7 Å². The molecule has 0 unspecified atom stereocenters. The molecule has 0 radical (unpaired) electrons. The Kier molecular flexibility index (Phi) is 7.36. The zero-order chi connectivity index (χ0) is 24.8. The predicted octanol–water partition coefficient (Wildman–Crippen LogP) is 3.76. The molecule has 1 saturated heterocycles. The van der Waals surface area contributed by atoms with E-state index in [1.54, 1.807) is 35.2 Å². The number of rotatable bonds is 8. The molecule has 178 valence electrons. The van der Waals surface area contributed by atoms with Gasteiger partial charge in [-0.3, -0.25) is 9.59 Å². The Morgan fingerprint density at radius 2 is 2.00 bits per heavy atom. The number of nitriles is 1. The lowest BCUT2D eigenvalue weighted by molar-refractivity contribution is -0.136. The lowest BCUT2D eigenvalue weighted by Gasteiger charge is -2.40. The topological polar surface area (TPSA) is 98.1 Å². The molecule has 2 heterocycles. The summed E-state index contributed by atoms with van der Waals surface area (Å²) < 4.78 is 13.5. The maximum Gasteiger partial charge on any atom is 0.255 e. The van der Waals surface area contributed by atoms with E-state index in [4.69, 9.17) is 0 Å². The van der Waals surface area contributed by atoms with Crippen molar-refractivity contribution in [1.29, 1.82) is 5.26 Å². The summed E-state index contributed by atoms with van der Waals surface area (Å²) in [7, 11) is 0. The number of aromatic nitrogens is 1. The predicted molar refractivity (Wildman–Crippen MR) is 131 cm³/mol. The van der Waals surface area contributed by atoms with Gasteiger partial charge in [0, 0.05) is 32.1 Å². The monoisotopic (exact) mass is 471 g/mol. The van der Waals surface area contributed by atoms with E-state index < -0.39 is 0 Å². The highest BCUT2D eigenvalue weighted by atomic mass is 19.1. The number of pyridine rings is 1. The summed E-state index contributed by atoms with van der Waals surface area (Å²) in [6, 6.07) is 19.1. The Balaban J connectivity index is 1.55. The zero-order valence-electron chi connectivity index (χ0n) is 19.4. The van der Waals surface area contributed by atoms with Crippen LogP contribution in [-0.4, -0.2) is 47.4 Å². The van der Waals surface area contributed by atoms with Crippen LogP contribution < -0.4 is 10.6 Å². The van der Waals surface area contributed by atoms with E-state index in [2.05, 4.69) is 21.7 Å². The molecule has 4 rings (SSSR count). The number of carbonyl (C=O) groups excluding carboxylic acids is 2. The summed E-state index contributed by atoms with van der Waals surface area (Å²) in [6.45, 7) is 3.02. The molecule has 0 saturated carbocycles. The van der Waals surface area contributed by atoms with Crippen molar-refractivity contribution in [2.45, 2.75) is 25.8 Å². The van der Waals surface area contributed by atoms with Gasteiger partial charge in [-0.1, -0.05) is 30.3 Å². The first kappa shape index (κ1) is 23.9. The first-order valence-corrected chi connectivity index (χ1v) is 11.5. The smallest absolute Gasteiger partial charge is 0.255 e. The lowest BCUT2D eigenvalue weighted by atomic mass is 10.0. The van der Waals surface area contributed by atoms with Gasteiger partial charge in [0.25, 0.3) is 5.91 Å². The third kappa shape index (κ3) is 5.64. The van der Waals surface area contributed by atoms with E-state index in [1.165, 1.54) is 19.1 Å². The van der Waals surface area contributed by atoms with Gasteiger partial charge in [-0.05, 0) is 48.7 Å². The van der Waals surface area contributed by atoms with Crippen molar-refractivity contribution in [3.63, 3.8) is 0 Å². The summed E-state index contributed by atoms with van der Waals surface area (Å²) in [5.41, 5.74) is 2.90. The molecule has 7 nitrogen and oxygen atoms in total. The van der Waals surface area contributed by atoms with Crippen molar-refractivity contribution in [2.24, 2.45) is 0 Å². The van der Waals surface area contributed by atoms with Crippen LogP contribution in [0.3, 0.4) is 0 Å². The van der Waals surface area contributed by atoms with Gasteiger partial charge >= 0.3 is 0 Å². The second-order valence-corrected chi connectivity index (χ2v) is 8.42. The molecular formula is C27H26FN5O2. The summed E-state index contributed by atoms with van der Waals surface area (Å²) in [5, 5.41) is 15.6. The normalized spacial score (nSPS) is 14.5. The maximum atomic E-state index is 13.5. The molecule has 2 aromatic carbocycles. The van der Waals surface area contributed by atoms with Crippen LogP contribution >= 0.6 is 0 Å². The Hall–Kier alpha value is -4.25. The lowest BCUT2D eigenvalue weighted by Crippen LogP contribution is -2.55. The van der Waals surface area contributed by atoms with Crippen molar-refractivity contribution in [2.75, 3.05) is 25.0 Å². The average molecular weight is 472 g/mol. The molecule has 2 amide bonds. The Morgan fingerprint density at radius 1 is 1.17 bits per heavy atom.